The molecule has 1 aliphatic heterocycles. The van der Waals surface area contributed by atoms with Crippen LogP contribution in [0.25, 0.3) is 26.5 Å². The Kier molecular flexibility index (Phi) is 6.84. The summed E-state index contributed by atoms with van der Waals surface area (Å²) in [6.45, 7) is 4.95. The lowest BCUT2D eigenvalue weighted by atomic mass is 10.2. The van der Waals surface area contributed by atoms with Crippen molar-refractivity contribution < 1.29 is 17.5 Å². The Morgan fingerprint density at radius 3 is 2.50 bits per heavy atom. The van der Waals surface area contributed by atoms with E-state index in [0.717, 1.165) is 22.3 Å². The van der Waals surface area contributed by atoms with Crippen molar-refractivity contribution in [3.05, 3.63) is 76.3 Å². The van der Waals surface area contributed by atoms with Crippen molar-refractivity contribution in [2.75, 3.05) is 11.4 Å². The zero-order chi connectivity index (χ0) is 25.4. The maximum absolute atomic E-state index is 10.4. The molecule has 3 heterocycles. The van der Waals surface area contributed by atoms with Crippen LogP contribution in [0.15, 0.2) is 75.5 Å². The van der Waals surface area contributed by atoms with Crippen LogP contribution >= 0.6 is 34.6 Å². The highest BCUT2D eigenvalue weighted by molar-refractivity contribution is 8.04. The third kappa shape index (κ3) is 4.76. The summed E-state index contributed by atoms with van der Waals surface area (Å²) in [5.74, 6) is 0. The Morgan fingerprint density at radius 1 is 1.06 bits per heavy atom. The summed E-state index contributed by atoms with van der Waals surface area (Å²) >= 11 is 5.09. The van der Waals surface area contributed by atoms with Gasteiger partial charge in [-0.1, -0.05) is 57.4 Å². The zero-order valence-electron chi connectivity index (χ0n) is 19.7. The Labute approximate surface area is 221 Å². The number of nitrogens with zero attached hydrogens (tertiary/aromatic N) is 4. The van der Waals surface area contributed by atoms with Gasteiger partial charge >= 0.3 is 0 Å². The van der Waals surface area contributed by atoms with Crippen molar-refractivity contribution in [1.29, 1.82) is 0 Å². The number of aromatic nitrogens is 3. The first-order valence-electron chi connectivity index (χ1n) is 11.1. The number of aryl methyl sites for hydroxylation is 2. The summed E-state index contributed by atoms with van der Waals surface area (Å²) < 4.78 is 40.0. The van der Waals surface area contributed by atoms with Gasteiger partial charge in [-0.2, -0.15) is 4.57 Å². The van der Waals surface area contributed by atoms with Gasteiger partial charge in [0.25, 0.3) is 5.01 Å². The van der Waals surface area contributed by atoms with E-state index in [-0.39, 0.29) is 4.90 Å². The summed E-state index contributed by atoms with van der Waals surface area (Å²) in [5.41, 5.74) is 4.46. The van der Waals surface area contributed by atoms with Gasteiger partial charge in [-0.05, 0) is 55.7 Å². The first-order chi connectivity index (χ1) is 17.3. The Morgan fingerprint density at radius 2 is 1.81 bits per heavy atom. The fourth-order valence-corrected chi connectivity index (χ4v) is 7.41. The van der Waals surface area contributed by atoms with Gasteiger partial charge in [0.15, 0.2) is 0 Å². The summed E-state index contributed by atoms with van der Waals surface area (Å²) in [6, 6.07) is 18.7. The minimum atomic E-state index is -4.27. The minimum absolute atomic E-state index is 0.178. The number of thioether (sulfide) groups is 1. The molecule has 5 aromatic rings. The second-order valence-corrected chi connectivity index (χ2v) is 12.4. The molecule has 0 fully saturated rings. The van der Waals surface area contributed by atoms with Crippen molar-refractivity contribution in [1.82, 2.24) is 9.59 Å². The van der Waals surface area contributed by atoms with E-state index >= 15 is 0 Å². The van der Waals surface area contributed by atoms with E-state index in [9.17, 15) is 13.0 Å². The third-order valence-electron chi connectivity index (χ3n) is 5.76. The van der Waals surface area contributed by atoms with Crippen molar-refractivity contribution in [2.24, 2.45) is 7.05 Å². The van der Waals surface area contributed by atoms with Crippen LogP contribution in [0.1, 0.15) is 17.5 Å². The molecule has 36 heavy (non-hydrogen) atoms. The van der Waals surface area contributed by atoms with Crippen molar-refractivity contribution in [2.45, 2.75) is 23.6 Å². The molecule has 0 spiro atoms. The summed E-state index contributed by atoms with van der Waals surface area (Å²) in [6.07, 6.45) is 2.30. The maximum atomic E-state index is 10.4. The number of benzene rings is 3. The van der Waals surface area contributed by atoms with Crippen LogP contribution in [0.3, 0.4) is 0 Å². The SMILES string of the molecule is CCN1C(=Cc2sc3ccccc3[n+]2C)Sc2c1ccc1snnc21.Cc1ccc(S(=O)(=O)[O-])cc1. The van der Waals surface area contributed by atoms with Gasteiger partial charge in [-0.25, -0.2) is 8.42 Å². The molecule has 1 aliphatic rings. The average Bonchev–Trinajstić information content (AvgIpc) is 3.55. The minimum Gasteiger partial charge on any atom is -0.744 e. The number of para-hydroxylation sites is 1. The molecule has 0 aliphatic carbocycles. The molecule has 0 amide bonds. The number of thiazole rings is 1. The second kappa shape index (κ2) is 9.91. The van der Waals surface area contributed by atoms with Crippen LogP contribution in [-0.2, 0) is 17.2 Å². The third-order valence-corrected chi connectivity index (χ3v) is 9.62. The number of rotatable bonds is 3. The molecular weight excluding hydrogens is 533 g/mol. The molecule has 0 N–H and O–H groups in total. The molecule has 2 aromatic heterocycles. The van der Waals surface area contributed by atoms with Crippen LogP contribution in [0.4, 0.5) is 5.69 Å². The fraction of sp³-hybridized carbons (Fsp3) is 0.160. The van der Waals surface area contributed by atoms with Gasteiger partial charge in [-0.3, -0.25) is 0 Å². The van der Waals surface area contributed by atoms with Gasteiger partial charge in [0, 0.05) is 12.6 Å². The van der Waals surface area contributed by atoms with Crippen LogP contribution < -0.4 is 9.47 Å². The topological polar surface area (TPSA) is 90.1 Å². The highest BCUT2D eigenvalue weighted by Crippen LogP contribution is 2.49. The first kappa shape index (κ1) is 24.8. The van der Waals surface area contributed by atoms with Gasteiger partial charge in [0.1, 0.15) is 27.4 Å². The number of fused-ring (bicyclic) bond motifs is 4. The van der Waals surface area contributed by atoms with Gasteiger partial charge in [0.2, 0.25) is 5.52 Å². The average molecular weight is 555 g/mol. The standard InChI is InChI=1S/C18H15N4S3.C7H8O3S/c1-3-22-12-8-9-14-17(19-20-25-14)18(12)24-16(22)10-15-21(2)11-6-4-5-7-13(11)23-15;1-6-2-4-7(5-3-6)11(8,9)10/h4-10H,3H2,1-2H3;2-5H,1H3,(H,8,9,10)/q+1;/p-1. The Bertz CT molecular complexity index is 1710. The van der Waals surface area contributed by atoms with Crippen LogP contribution in [0.5, 0.6) is 0 Å². The number of hydrogen-bond donors (Lipinski definition) is 0. The Balaban J connectivity index is 0.000000205. The molecular formula is C25H22N4O3S4. The molecule has 3 aromatic carbocycles. The van der Waals surface area contributed by atoms with Crippen molar-refractivity contribution in [3.63, 3.8) is 0 Å². The van der Waals surface area contributed by atoms with E-state index < -0.39 is 10.1 Å². The Hall–Kier alpha value is -2.83. The van der Waals surface area contributed by atoms with E-state index in [0.29, 0.717) is 0 Å². The van der Waals surface area contributed by atoms with Crippen LogP contribution in [0.2, 0.25) is 0 Å². The lowest BCUT2D eigenvalue weighted by molar-refractivity contribution is -0.642. The van der Waals surface area contributed by atoms with E-state index in [1.807, 2.05) is 18.3 Å². The van der Waals surface area contributed by atoms with E-state index in [4.69, 9.17) is 0 Å². The number of hydrogen-bond acceptors (Lipinski definition) is 9. The molecule has 0 atom stereocenters. The van der Waals surface area contributed by atoms with Crippen molar-refractivity contribution >= 4 is 76.9 Å². The molecule has 0 radical (unpaired) electrons. The largest absolute Gasteiger partial charge is 0.744 e. The first-order valence-corrected chi connectivity index (χ1v) is 14.9. The quantitative estimate of drug-likeness (QED) is 0.213. The maximum Gasteiger partial charge on any atom is 0.265 e. The monoisotopic (exact) mass is 554 g/mol. The predicted octanol–water partition coefficient (Wildman–Crippen LogP) is 5.56. The smallest absolute Gasteiger partial charge is 0.265 e. The highest BCUT2D eigenvalue weighted by atomic mass is 32.2. The summed E-state index contributed by atoms with van der Waals surface area (Å²) in [4.78, 5) is 3.41. The highest BCUT2D eigenvalue weighted by Gasteiger charge is 2.28. The molecule has 6 rings (SSSR count). The normalized spacial score (nSPS) is 14.3. The lowest BCUT2D eigenvalue weighted by Crippen LogP contribution is -2.29. The lowest BCUT2D eigenvalue weighted by Gasteiger charge is -2.17. The van der Waals surface area contributed by atoms with Crippen LogP contribution in [0, 0.1) is 6.92 Å². The molecule has 0 saturated heterocycles. The van der Waals surface area contributed by atoms with E-state index in [2.05, 4.69) is 75.5 Å². The molecule has 7 nitrogen and oxygen atoms in total. The van der Waals surface area contributed by atoms with Crippen LogP contribution in [-0.4, -0.2) is 29.1 Å². The van der Waals surface area contributed by atoms with Gasteiger partial charge in [-0.15, -0.1) is 5.10 Å². The van der Waals surface area contributed by atoms with E-state index in [1.54, 1.807) is 23.9 Å². The van der Waals surface area contributed by atoms with E-state index in [1.165, 1.54) is 54.5 Å². The van der Waals surface area contributed by atoms with Crippen molar-refractivity contribution in [3.8, 4) is 0 Å². The predicted molar refractivity (Wildman–Crippen MR) is 146 cm³/mol. The molecule has 11 heteroatoms. The van der Waals surface area contributed by atoms with Gasteiger partial charge in [0.05, 0.1) is 31.3 Å². The zero-order valence-corrected chi connectivity index (χ0v) is 23.0. The number of anilines is 1. The summed E-state index contributed by atoms with van der Waals surface area (Å²) in [5, 5.41) is 6.85. The molecule has 184 valence electrons. The van der Waals surface area contributed by atoms with Gasteiger partial charge < -0.3 is 9.45 Å². The molecule has 0 unspecified atom stereocenters. The molecule has 0 saturated carbocycles. The summed E-state index contributed by atoms with van der Waals surface area (Å²) in [7, 11) is -2.13. The fourth-order valence-electron chi connectivity index (χ4n) is 3.90. The second-order valence-electron chi connectivity index (χ2n) is 8.10. The molecule has 0 bridgehead atoms.